The number of rotatable bonds is 7. The van der Waals surface area contributed by atoms with Gasteiger partial charge in [-0.05, 0) is 62.1 Å². The highest BCUT2D eigenvalue weighted by Crippen LogP contribution is 2.41. The van der Waals surface area contributed by atoms with E-state index in [0.29, 0.717) is 36.8 Å². The molecule has 2 fully saturated rings. The van der Waals surface area contributed by atoms with E-state index in [0.717, 1.165) is 35.9 Å². The zero-order valence-electron chi connectivity index (χ0n) is 21.3. The third-order valence-corrected chi connectivity index (χ3v) is 8.27. The Morgan fingerprint density at radius 3 is 2.64 bits per heavy atom. The summed E-state index contributed by atoms with van der Waals surface area (Å²) in [5.41, 5.74) is 3.70. The van der Waals surface area contributed by atoms with Crippen molar-refractivity contribution in [3.8, 4) is 0 Å². The van der Waals surface area contributed by atoms with Gasteiger partial charge in [0.2, 0.25) is 10.0 Å². The molecule has 2 aromatic heterocycles. The Kier molecular flexibility index (Phi) is 7.42. The number of sulfonamides is 1. The minimum Gasteiger partial charge on any atom is -0.366 e. The molecule has 1 atom stereocenters. The molecule has 2 aliphatic heterocycles. The first-order valence-corrected chi connectivity index (χ1v) is 16.1. The molecule has 4 heterocycles. The summed E-state index contributed by atoms with van der Waals surface area (Å²) in [7, 11) is -8.15. The van der Waals surface area contributed by atoms with Crippen LogP contribution in [0, 0.1) is 6.92 Å². The highest BCUT2D eigenvalue weighted by atomic mass is 35.5. The molecule has 2 saturated heterocycles. The summed E-state index contributed by atoms with van der Waals surface area (Å²) >= 11 is 6.18. The molecule has 3 aromatic rings. The summed E-state index contributed by atoms with van der Waals surface area (Å²) in [6.45, 7) is 3.13. The molecule has 0 unspecified atom stereocenters. The summed E-state index contributed by atoms with van der Waals surface area (Å²) in [4.78, 5) is 35.5. The number of nitrogens with one attached hydrogen (secondary N) is 1. The lowest BCUT2D eigenvalue weighted by molar-refractivity contribution is 0.0606. The maximum Gasteiger partial charge on any atom is 0.469 e. The summed E-state index contributed by atoms with van der Waals surface area (Å²) in [6, 6.07) is 8.05. The molecule has 15 heteroatoms. The molecule has 3 N–H and O–H groups in total. The normalized spacial score (nSPS) is 18.8. The van der Waals surface area contributed by atoms with E-state index in [-0.39, 0.29) is 23.2 Å². The number of nitrogens with zero attached hydrogens (tertiary/aromatic N) is 4. The second-order valence-electron chi connectivity index (χ2n) is 9.98. The Morgan fingerprint density at radius 1 is 1.21 bits per heavy atom. The second-order valence-corrected chi connectivity index (χ2v) is 13.4. The van der Waals surface area contributed by atoms with Gasteiger partial charge in [-0.1, -0.05) is 11.6 Å². The van der Waals surface area contributed by atoms with Gasteiger partial charge >= 0.3 is 7.82 Å². The number of aromatic nitrogens is 2. The van der Waals surface area contributed by atoms with E-state index in [4.69, 9.17) is 31.0 Å². The van der Waals surface area contributed by atoms with Gasteiger partial charge < -0.3 is 19.6 Å². The van der Waals surface area contributed by atoms with Crippen LogP contribution in [0.15, 0.2) is 36.5 Å². The predicted octanol–water partition coefficient (Wildman–Crippen LogP) is 3.33. The van der Waals surface area contributed by atoms with E-state index < -0.39 is 23.9 Å². The van der Waals surface area contributed by atoms with Crippen LogP contribution in [0.3, 0.4) is 0 Å². The molecule has 0 saturated carbocycles. The van der Waals surface area contributed by atoms with Crippen LogP contribution in [0.2, 0.25) is 5.02 Å². The second kappa shape index (κ2) is 10.4. The lowest BCUT2D eigenvalue weighted by atomic mass is 9.97. The van der Waals surface area contributed by atoms with Crippen molar-refractivity contribution in [1.29, 1.82) is 0 Å². The standard InChI is InChI=1S/C24H29ClN5O7PS/c1-15-12-30-17(11-23(15)28-13-18(14-28)37-38(32,33)34)10-21(26-30)22-5-3-4-8-29(22)24(31)19-9-16(25)6-7-20(19)27-39(2,35)36/h6-7,9-12,18,22,27H,3-5,8,13-14H2,1-2H3,(H2,32,33,34)/t22-/m0/s1. The van der Waals surface area contributed by atoms with E-state index >= 15 is 0 Å². The number of halogens is 1. The lowest BCUT2D eigenvalue weighted by Crippen LogP contribution is -2.52. The van der Waals surface area contributed by atoms with Crippen LogP contribution < -0.4 is 9.62 Å². The molecule has 0 spiro atoms. The highest BCUT2D eigenvalue weighted by Gasteiger charge is 2.35. The Labute approximate surface area is 230 Å². The van der Waals surface area contributed by atoms with Crippen molar-refractivity contribution in [2.75, 3.05) is 35.5 Å². The molecule has 0 aliphatic carbocycles. The molecule has 1 amide bonds. The average Bonchev–Trinajstić information content (AvgIpc) is 3.22. The van der Waals surface area contributed by atoms with Crippen LogP contribution >= 0.6 is 19.4 Å². The number of phosphoric acid groups is 1. The number of amides is 1. The molecule has 39 heavy (non-hydrogen) atoms. The van der Waals surface area contributed by atoms with Crippen molar-refractivity contribution in [2.45, 2.75) is 38.3 Å². The van der Waals surface area contributed by atoms with E-state index in [2.05, 4.69) is 4.72 Å². The quantitative estimate of drug-likeness (QED) is 0.348. The number of piperidine rings is 1. The van der Waals surface area contributed by atoms with E-state index in [1.54, 1.807) is 9.42 Å². The third kappa shape index (κ3) is 6.24. The summed E-state index contributed by atoms with van der Waals surface area (Å²) in [5.74, 6) is -0.334. The van der Waals surface area contributed by atoms with Gasteiger partial charge in [0.15, 0.2) is 0 Å². The number of likely N-dealkylation sites (tertiary alicyclic amines) is 1. The topological polar surface area (TPSA) is 154 Å². The van der Waals surface area contributed by atoms with Crippen molar-refractivity contribution in [1.82, 2.24) is 14.5 Å². The number of phosphoric ester groups is 1. The van der Waals surface area contributed by atoms with Crippen molar-refractivity contribution in [2.24, 2.45) is 0 Å². The van der Waals surface area contributed by atoms with E-state index in [1.807, 2.05) is 30.2 Å². The van der Waals surface area contributed by atoms with E-state index in [9.17, 15) is 17.8 Å². The minimum absolute atomic E-state index is 0.169. The molecule has 5 rings (SSSR count). The fraction of sp³-hybridized carbons (Fsp3) is 0.417. The summed E-state index contributed by atoms with van der Waals surface area (Å²) in [6.07, 6.45) is 4.77. The molecular formula is C24H29ClN5O7PS. The minimum atomic E-state index is -4.54. The summed E-state index contributed by atoms with van der Waals surface area (Å²) in [5, 5.41) is 5.09. The molecule has 210 valence electrons. The Morgan fingerprint density at radius 2 is 1.95 bits per heavy atom. The molecule has 2 aliphatic rings. The zero-order chi connectivity index (χ0) is 28.1. The SMILES string of the molecule is Cc1cn2nc([C@@H]3CCCCN3C(=O)c3cc(Cl)ccc3NS(C)(=O)=O)cc2cc1N1CC(OP(=O)(O)O)C1. The third-order valence-electron chi connectivity index (χ3n) is 6.88. The van der Waals surface area contributed by atoms with Crippen molar-refractivity contribution in [3.05, 3.63) is 58.4 Å². The average molecular weight is 598 g/mol. The van der Waals surface area contributed by atoms with Gasteiger partial charge in [-0.3, -0.25) is 14.0 Å². The number of carbonyl (C=O) groups excluding carboxylic acids is 1. The first-order chi connectivity index (χ1) is 18.3. The monoisotopic (exact) mass is 597 g/mol. The van der Waals surface area contributed by atoms with Gasteiger partial charge in [0, 0.05) is 36.5 Å². The van der Waals surface area contributed by atoms with Crippen LogP contribution in [0.5, 0.6) is 0 Å². The van der Waals surface area contributed by atoms with Crippen LogP contribution in [-0.4, -0.2) is 70.6 Å². The number of hydrogen-bond acceptors (Lipinski definition) is 7. The largest absolute Gasteiger partial charge is 0.469 e. The fourth-order valence-corrected chi connectivity index (χ4v) is 6.43. The molecule has 1 aromatic carbocycles. The maximum absolute atomic E-state index is 13.8. The molecule has 12 nitrogen and oxygen atoms in total. The van der Waals surface area contributed by atoms with Gasteiger partial charge in [0.05, 0.1) is 34.8 Å². The Balaban J connectivity index is 1.42. The van der Waals surface area contributed by atoms with Crippen LogP contribution in [0.4, 0.5) is 11.4 Å². The number of fused-ring (bicyclic) bond motifs is 1. The number of aryl methyl sites for hydroxylation is 1. The van der Waals surface area contributed by atoms with Crippen LogP contribution in [-0.2, 0) is 19.1 Å². The number of pyridine rings is 1. The van der Waals surface area contributed by atoms with E-state index in [1.165, 1.54) is 18.2 Å². The zero-order valence-corrected chi connectivity index (χ0v) is 23.8. The van der Waals surface area contributed by atoms with Crippen molar-refractivity contribution >= 4 is 52.2 Å². The maximum atomic E-state index is 13.8. The predicted molar refractivity (Wildman–Crippen MR) is 147 cm³/mol. The van der Waals surface area contributed by atoms with Gasteiger partial charge in [-0.2, -0.15) is 5.10 Å². The van der Waals surface area contributed by atoms with Gasteiger partial charge in [0.25, 0.3) is 5.91 Å². The smallest absolute Gasteiger partial charge is 0.366 e. The fourth-order valence-electron chi connectivity index (χ4n) is 5.16. The first-order valence-electron chi connectivity index (χ1n) is 12.3. The number of hydrogen-bond donors (Lipinski definition) is 3. The molecule has 0 bridgehead atoms. The van der Waals surface area contributed by atoms with Crippen LogP contribution in [0.25, 0.3) is 5.52 Å². The van der Waals surface area contributed by atoms with Crippen LogP contribution in [0.1, 0.15) is 46.9 Å². The lowest BCUT2D eigenvalue weighted by Gasteiger charge is -2.41. The number of benzene rings is 1. The van der Waals surface area contributed by atoms with Crippen molar-refractivity contribution < 1.29 is 32.1 Å². The van der Waals surface area contributed by atoms with Gasteiger partial charge in [-0.15, -0.1) is 0 Å². The number of anilines is 2. The number of carbonyl (C=O) groups is 1. The Hall–Kier alpha value is -2.67. The Bertz CT molecular complexity index is 1580. The summed E-state index contributed by atoms with van der Waals surface area (Å²) < 4.78 is 43.9. The van der Waals surface area contributed by atoms with Crippen molar-refractivity contribution in [3.63, 3.8) is 0 Å². The van der Waals surface area contributed by atoms with Gasteiger partial charge in [-0.25, -0.2) is 17.5 Å². The first kappa shape index (κ1) is 27.9. The highest BCUT2D eigenvalue weighted by molar-refractivity contribution is 7.92. The molecule has 0 radical (unpaired) electrons. The van der Waals surface area contributed by atoms with Gasteiger partial charge in [0.1, 0.15) is 6.10 Å². The molecular weight excluding hydrogens is 569 g/mol.